The van der Waals surface area contributed by atoms with Crippen LogP contribution in [0.25, 0.3) is 11.6 Å². The van der Waals surface area contributed by atoms with Crippen LogP contribution < -0.4 is 14.8 Å². The molecule has 1 amide bonds. The van der Waals surface area contributed by atoms with E-state index in [4.69, 9.17) is 21.1 Å². The number of amides is 1. The summed E-state index contributed by atoms with van der Waals surface area (Å²) in [6.07, 6.45) is -2.91. The van der Waals surface area contributed by atoms with Crippen LogP contribution in [0.2, 0.25) is 5.02 Å². The summed E-state index contributed by atoms with van der Waals surface area (Å²) in [4.78, 5) is 12.4. The molecule has 9 heteroatoms. The van der Waals surface area contributed by atoms with E-state index >= 15 is 0 Å². The van der Waals surface area contributed by atoms with Gasteiger partial charge in [0, 0.05) is 21.8 Å². The van der Waals surface area contributed by atoms with Crippen molar-refractivity contribution < 1.29 is 27.4 Å². The third-order valence-corrected chi connectivity index (χ3v) is 5.83. The number of alkyl halides is 3. The van der Waals surface area contributed by atoms with Gasteiger partial charge in [0.15, 0.2) is 11.5 Å². The molecule has 0 saturated heterocycles. The number of nitrogens with one attached hydrogen (secondary N) is 1. The maximum atomic E-state index is 13.0. The van der Waals surface area contributed by atoms with Gasteiger partial charge in [-0.2, -0.15) is 13.2 Å². The zero-order valence-electron chi connectivity index (χ0n) is 17.1. The molecule has 0 aromatic heterocycles. The molecule has 1 N–H and O–H groups in total. The Balaban J connectivity index is 1.63. The molecule has 4 rings (SSSR count). The minimum absolute atomic E-state index is 0.120. The van der Waals surface area contributed by atoms with Gasteiger partial charge in [-0.25, -0.2) is 0 Å². The fraction of sp³-hybridized carbons (Fsp3) is 0.125. The van der Waals surface area contributed by atoms with E-state index in [1.165, 1.54) is 13.2 Å². The predicted octanol–water partition coefficient (Wildman–Crippen LogP) is 7.20. The lowest BCUT2D eigenvalue weighted by Gasteiger charge is -2.14. The van der Waals surface area contributed by atoms with Crippen molar-refractivity contribution in [2.75, 3.05) is 12.4 Å². The number of carbonyl (C=O) groups excluding carboxylic acids is 1. The summed E-state index contributed by atoms with van der Waals surface area (Å²) in [5.74, 6) is 0.416. The lowest BCUT2D eigenvalue weighted by Crippen LogP contribution is -2.06. The van der Waals surface area contributed by atoms with Crippen LogP contribution in [0.3, 0.4) is 0 Å². The van der Waals surface area contributed by atoms with Crippen LogP contribution in [0.5, 0.6) is 11.5 Å². The van der Waals surface area contributed by atoms with Crippen LogP contribution in [0.15, 0.2) is 59.1 Å². The summed E-state index contributed by atoms with van der Waals surface area (Å²) in [5, 5.41) is 3.12. The Hall–Kier alpha value is -2.97. The maximum Gasteiger partial charge on any atom is 0.416 e. The molecule has 0 spiro atoms. The minimum Gasteiger partial charge on any atom is -0.493 e. The van der Waals surface area contributed by atoms with Crippen molar-refractivity contribution >= 4 is 50.8 Å². The van der Waals surface area contributed by atoms with Crippen molar-refractivity contribution in [2.24, 2.45) is 0 Å². The van der Waals surface area contributed by atoms with Crippen LogP contribution in [0.1, 0.15) is 22.3 Å². The van der Waals surface area contributed by atoms with Crippen molar-refractivity contribution in [1.82, 2.24) is 0 Å². The number of carbonyl (C=O) groups is 1. The summed E-state index contributed by atoms with van der Waals surface area (Å²) < 4.78 is 50.9. The molecule has 3 aromatic rings. The Bertz CT molecular complexity index is 1260. The van der Waals surface area contributed by atoms with Crippen LogP contribution in [0.4, 0.5) is 18.9 Å². The zero-order valence-corrected chi connectivity index (χ0v) is 19.4. The summed E-state index contributed by atoms with van der Waals surface area (Å²) in [5.41, 5.74) is 1.46. The molecule has 0 radical (unpaired) electrons. The molecule has 0 fully saturated rings. The number of methoxy groups -OCH3 is 1. The van der Waals surface area contributed by atoms with Gasteiger partial charge in [0.2, 0.25) is 0 Å². The molecule has 0 bridgehead atoms. The molecule has 1 aliphatic rings. The summed E-state index contributed by atoms with van der Waals surface area (Å²) in [6.45, 7) is 0.282. The molecular weight excluding hydrogens is 523 g/mol. The van der Waals surface area contributed by atoms with E-state index in [-0.39, 0.29) is 17.9 Å². The highest BCUT2D eigenvalue weighted by atomic mass is 79.9. The van der Waals surface area contributed by atoms with E-state index in [2.05, 4.69) is 21.2 Å². The van der Waals surface area contributed by atoms with Gasteiger partial charge in [-0.3, -0.25) is 4.79 Å². The Morgan fingerprint density at radius 1 is 1.09 bits per heavy atom. The fourth-order valence-electron chi connectivity index (χ4n) is 3.38. The van der Waals surface area contributed by atoms with Gasteiger partial charge in [-0.05, 0) is 69.5 Å². The third-order valence-electron chi connectivity index (χ3n) is 4.99. The van der Waals surface area contributed by atoms with E-state index in [0.717, 1.165) is 17.7 Å². The number of hydrogen-bond donors (Lipinski definition) is 1. The van der Waals surface area contributed by atoms with E-state index in [1.807, 2.05) is 12.1 Å². The van der Waals surface area contributed by atoms with Crippen molar-refractivity contribution in [1.29, 1.82) is 0 Å². The Morgan fingerprint density at radius 2 is 1.82 bits per heavy atom. The monoisotopic (exact) mass is 537 g/mol. The molecule has 0 atom stereocenters. The first kappa shape index (κ1) is 23.2. The number of rotatable bonds is 5. The number of fused-ring (bicyclic) bond motifs is 1. The SMILES string of the molecule is COc1cc(/C=C2\C(=O)Nc3cc(C(F)(F)F)ccc32)cc(Br)c1OCc1ccc(Cl)cc1. The first-order valence-electron chi connectivity index (χ1n) is 9.65. The molecule has 0 saturated carbocycles. The fourth-order valence-corrected chi connectivity index (χ4v) is 4.08. The molecule has 1 heterocycles. The Morgan fingerprint density at radius 3 is 2.48 bits per heavy atom. The van der Waals surface area contributed by atoms with Gasteiger partial charge in [-0.15, -0.1) is 0 Å². The number of hydrogen-bond acceptors (Lipinski definition) is 3. The van der Waals surface area contributed by atoms with Crippen molar-refractivity contribution in [3.05, 3.63) is 86.3 Å². The highest BCUT2D eigenvalue weighted by Crippen LogP contribution is 2.41. The first-order chi connectivity index (χ1) is 15.7. The van der Waals surface area contributed by atoms with Crippen molar-refractivity contribution in [3.8, 4) is 11.5 Å². The second-order valence-electron chi connectivity index (χ2n) is 7.22. The molecule has 33 heavy (non-hydrogen) atoms. The largest absolute Gasteiger partial charge is 0.493 e. The summed E-state index contributed by atoms with van der Waals surface area (Å²) >= 11 is 9.38. The zero-order chi connectivity index (χ0) is 23.8. The van der Waals surface area contributed by atoms with Gasteiger partial charge in [0.1, 0.15) is 6.61 Å². The van der Waals surface area contributed by atoms with E-state index in [0.29, 0.717) is 32.1 Å². The van der Waals surface area contributed by atoms with Gasteiger partial charge >= 0.3 is 6.18 Å². The lowest BCUT2D eigenvalue weighted by atomic mass is 10.0. The normalized spacial score (nSPS) is 14.2. The second-order valence-corrected chi connectivity index (χ2v) is 8.51. The van der Waals surface area contributed by atoms with E-state index in [1.54, 1.807) is 30.3 Å². The summed E-state index contributed by atoms with van der Waals surface area (Å²) in [7, 11) is 1.49. The van der Waals surface area contributed by atoms with E-state index < -0.39 is 17.6 Å². The summed E-state index contributed by atoms with van der Waals surface area (Å²) in [6, 6.07) is 13.8. The quantitative estimate of drug-likeness (QED) is 0.350. The minimum atomic E-state index is -4.49. The van der Waals surface area contributed by atoms with Crippen LogP contribution in [-0.2, 0) is 17.6 Å². The molecule has 170 valence electrons. The highest BCUT2D eigenvalue weighted by Gasteiger charge is 2.33. The Labute approximate surface area is 201 Å². The predicted molar refractivity (Wildman–Crippen MR) is 124 cm³/mol. The van der Waals surface area contributed by atoms with Crippen LogP contribution in [0, 0.1) is 0 Å². The Kier molecular flexibility index (Phi) is 6.41. The van der Waals surface area contributed by atoms with E-state index in [9.17, 15) is 18.0 Å². The van der Waals surface area contributed by atoms with Crippen molar-refractivity contribution in [2.45, 2.75) is 12.8 Å². The van der Waals surface area contributed by atoms with Gasteiger partial charge in [0.25, 0.3) is 5.91 Å². The highest BCUT2D eigenvalue weighted by molar-refractivity contribution is 9.10. The average molecular weight is 539 g/mol. The van der Waals surface area contributed by atoms with Gasteiger partial charge in [-0.1, -0.05) is 29.8 Å². The molecule has 3 aromatic carbocycles. The number of anilines is 1. The average Bonchev–Trinajstić information content (AvgIpc) is 3.07. The molecular formula is C24H16BrClF3NO3. The third kappa shape index (κ3) is 5.02. The second kappa shape index (κ2) is 9.11. The molecule has 4 nitrogen and oxygen atoms in total. The molecule has 1 aliphatic heterocycles. The number of benzene rings is 3. The topological polar surface area (TPSA) is 47.6 Å². The van der Waals surface area contributed by atoms with Gasteiger partial charge in [0.05, 0.1) is 17.1 Å². The van der Waals surface area contributed by atoms with Gasteiger partial charge < -0.3 is 14.8 Å². The smallest absolute Gasteiger partial charge is 0.416 e. The maximum absolute atomic E-state index is 13.0. The molecule has 0 unspecified atom stereocenters. The standard InChI is InChI=1S/C24H16BrClF3NO3/c1-32-21-10-14(9-19(25)22(21)33-12-13-2-5-16(26)6-3-13)8-18-17-7-4-15(24(27,28)29)11-20(17)30-23(18)31/h2-11H,12H2,1H3,(H,30,31)/b18-8-. The molecule has 0 aliphatic carbocycles. The van der Waals surface area contributed by atoms with Crippen molar-refractivity contribution in [3.63, 3.8) is 0 Å². The lowest BCUT2D eigenvalue weighted by molar-refractivity contribution is -0.137. The van der Waals surface area contributed by atoms with Crippen LogP contribution in [-0.4, -0.2) is 13.0 Å². The van der Waals surface area contributed by atoms with Crippen LogP contribution >= 0.6 is 27.5 Å². The number of ether oxygens (including phenoxy) is 2. The first-order valence-corrected chi connectivity index (χ1v) is 10.8. The number of halogens is 5.